The van der Waals surface area contributed by atoms with E-state index in [1.807, 2.05) is 0 Å². The highest BCUT2D eigenvalue weighted by Gasteiger charge is 2.21. The molecule has 9 heteroatoms. The van der Waals surface area contributed by atoms with Gasteiger partial charge in [-0.25, -0.2) is 9.78 Å². The molecule has 0 N–H and O–H groups in total. The molecule has 0 fully saturated rings. The zero-order chi connectivity index (χ0) is 15.4. The Hall–Kier alpha value is -3.36. The minimum Gasteiger partial charge on any atom is -0.404 e. The molecule has 0 spiro atoms. The molecular formula is C12H7N3O6. The number of esters is 1. The second kappa shape index (κ2) is 5.74. The molecule has 9 nitrogen and oxygen atoms in total. The zero-order valence-electron chi connectivity index (χ0n) is 10.3. The van der Waals surface area contributed by atoms with Gasteiger partial charge in [0.1, 0.15) is 0 Å². The van der Waals surface area contributed by atoms with Crippen molar-refractivity contribution in [3.05, 3.63) is 68.4 Å². The smallest absolute Gasteiger partial charge is 0.345 e. The first-order chi connectivity index (χ1) is 9.97. The van der Waals surface area contributed by atoms with E-state index in [0.717, 1.165) is 18.2 Å². The van der Waals surface area contributed by atoms with Gasteiger partial charge < -0.3 is 4.74 Å². The number of rotatable bonds is 4. The number of nitro benzene ring substituents is 2. The molecule has 106 valence electrons. The van der Waals surface area contributed by atoms with Crippen LogP contribution in [0, 0.1) is 20.2 Å². The number of hydrogen-bond donors (Lipinski definition) is 0. The molecule has 21 heavy (non-hydrogen) atoms. The fourth-order valence-electron chi connectivity index (χ4n) is 1.49. The van der Waals surface area contributed by atoms with Crippen LogP contribution in [0.2, 0.25) is 0 Å². The summed E-state index contributed by atoms with van der Waals surface area (Å²) in [7, 11) is 0. The highest BCUT2D eigenvalue weighted by atomic mass is 16.6. The van der Waals surface area contributed by atoms with Gasteiger partial charge in [0, 0.05) is 24.4 Å². The second-order valence-electron chi connectivity index (χ2n) is 3.81. The third-order valence-corrected chi connectivity index (χ3v) is 2.39. The van der Waals surface area contributed by atoms with E-state index in [-0.39, 0.29) is 11.4 Å². The molecule has 0 bridgehead atoms. The van der Waals surface area contributed by atoms with Crippen molar-refractivity contribution < 1.29 is 19.4 Å². The summed E-state index contributed by atoms with van der Waals surface area (Å²) in [4.78, 5) is 35.4. The molecule has 0 radical (unpaired) electrons. The Balaban J connectivity index is 2.36. The van der Waals surface area contributed by atoms with Gasteiger partial charge in [0.2, 0.25) is 5.88 Å². The molecule has 0 aliphatic heterocycles. The van der Waals surface area contributed by atoms with Crippen LogP contribution in [0.5, 0.6) is 5.88 Å². The van der Waals surface area contributed by atoms with Gasteiger partial charge in [0.25, 0.3) is 11.4 Å². The van der Waals surface area contributed by atoms with E-state index < -0.39 is 27.2 Å². The highest BCUT2D eigenvalue weighted by Crippen LogP contribution is 2.23. The van der Waals surface area contributed by atoms with Crippen LogP contribution < -0.4 is 4.74 Å². The lowest BCUT2D eigenvalue weighted by atomic mass is 10.2. The van der Waals surface area contributed by atoms with Crippen molar-refractivity contribution in [1.82, 2.24) is 4.98 Å². The monoisotopic (exact) mass is 289 g/mol. The third-order valence-electron chi connectivity index (χ3n) is 2.39. The molecule has 2 aromatic rings. The number of carbonyl (C=O) groups is 1. The van der Waals surface area contributed by atoms with Crippen molar-refractivity contribution in [3.8, 4) is 5.88 Å². The Kier molecular flexibility index (Phi) is 3.84. The lowest BCUT2D eigenvalue weighted by Gasteiger charge is -2.03. The van der Waals surface area contributed by atoms with E-state index in [2.05, 4.69) is 4.98 Å². The molecule has 1 aromatic heterocycles. The number of non-ortho nitro benzene ring substituents is 2. The van der Waals surface area contributed by atoms with Crippen LogP contribution >= 0.6 is 0 Å². The Morgan fingerprint density at radius 3 is 2.14 bits per heavy atom. The van der Waals surface area contributed by atoms with Gasteiger partial charge in [0.15, 0.2) is 0 Å². The first-order valence-corrected chi connectivity index (χ1v) is 5.54. The van der Waals surface area contributed by atoms with Gasteiger partial charge in [-0.1, -0.05) is 6.07 Å². The molecule has 0 amide bonds. The van der Waals surface area contributed by atoms with Crippen LogP contribution in [0.4, 0.5) is 11.4 Å². The van der Waals surface area contributed by atoms with Crippen molar-refractivity contribution in [2.45, 2.75) is 0 Å². The van der Waals surface area contributed by atoms with Crippen LogP contribution in [0.15, 0.2) is 42.6 Å². The van der Waals surface area contributed by atoms with Gasteiger partial charge in [-0.2, -0.15) is 0 Å². The molecule has 1 heterocycles. The highest BCUT2D eigenvalue weighted by molar-refractivity contribution is 5.92. The van der Waals surface area contributed by atoms with E-state index in [4.69, 9.17) is 4.74 Å². The van der Waals surface area contributed by atoms with E-state index in [0.29, 0.717) is 0 Å². The van der Waals surface area contributed by atoms with Gasteiger partial charge in [-0.05, 0) is 6.07 Å². The van der Waals surface area contributed by atoms with Crippen molar-refractivity contribution in [2.24, 2.45) is 0 Å². The van der Waals surface area contributed by atoms with Gasteiger partial charge >= 0.3 is 5.97 Å². The fraction of sp³-hybridized carbons (Fsp3) is 0. The number of benzene rings is 1. The largest absolute Gasteiger partial charge is 0.404 e. The standard InChI is InChI=1S/C12H7N3O6/c16-12(21-11-3-1-2-4-13-11)8-5-9(14(17)18)7-10(6-8)15(19)20/h1-7H. The van der Waals surface area contributed by atoms with Gasteiger partial charge in [-0.15, -0.1) is 0 Å². The Morgan fingerprint density at radius 1 is 1.05 bits per heavy atom. The van der Waals surface area contributed by atoms with E-state index >= 15 is 0 Å². The summed E-state index contributed by atoms with van der Waals surface area (Å²) in [6, 6.07) is 7.15. The van der Waals surface area contributed by atoms with Crippen LogP contribution in [0.1, 0.15) is 10.4 Å². The zero-order valence-corrected chi connectivity index (χ0v) is 10.3. The lowest BCUT2D eigenvalue weighted by Crippen LogP contribution is -2.10. The molecular weight excluding hydrogens is 282 g/mol. The molecule has 0 saturated heterocycles. The Morgan fingerprint density at radius 2 is 1.67 bits per heavy atom. The number of aromatic nitrogens is 1. The summed E-state index contributed by atoms with van der Waals surface area (Å²) in [6.07, 6.45) is 1.39. The van der Waals surface area contributed by atoms with Crippen LogP contribution in [0.25, 0.3) is 0 Å². The molecule has 0 saturated carbocycles. The molecule has 0 aliphatic carbocycles. The molecule has 2 rings (SSSR count). The molecule has 0 atom stereocenters. The summed E-state index contributed by atoms with van der Waals surface area (Å²) < 4.78 is 4.87. The van der Waals surface area contributed by atoms with E-state index in [9.17, 15) is 25.0 Å². The Bertz CT molecular complexity index is 684. The van der Waals surface area contributed by atoms with Crippen LogP contribution in [-0.2, 0) is 0 Å². The number of pyridine rings is 1. The summed E-state index contributed by atoms with van der Waals surface area (Å²) in [5.74, 6) is -0.989. The molecule has 0 aliphatic rings. The summed E-state index contributed by atoms with van der Waals surface area (Å²) in [5, 5.41) is 21.5. The maximum atomic E-state index is 11.9. The first kappa shape index (κ1) is 14.1. The quantitative estimate of drug-likeness (QED) is 0.479. The Labute approximate surface area is 117 Å². The van der Waals surface area contributed by atoms with Gasteiger partial charge in [-0.3, -0.25) is 20.2 Å². The number of nitrogens with zero attached hydrogens (tertiary/aromatic N) is 3. The maximum Gasteiger partial charge on any atom is 0.345 e. The topological polar surface area (TPSA) is 125 Å². The van der Waals surface area contributed by atoms with Crippen LogP contribution in [-0.4, -0.2) is 20.8 Å². The van der Waals surface area contributed by atoms with Crippen LogP contribution in [0.3, 0.4) is 0 Å². The van der Waals surface area contributed by atoms with E-state index in [1.54, 1.807) is 12.1 Å². The normalized spacial score (nSPS) is 9.90. The minimum absolute atomic E-state index is 0.0170. The van der Waals surface area contributed by atoms with E-state index in [1.165, 1.54) is 12.3 Å². The summed E-state index contributed by atoms with van der Waals surface area (Å²) in [5.41, 5.74) is -1.45. The predicted molar refractivity (Wildman–Crippen MR) is 68.9 cm³/mol. The minimum atomic E-state index is -0.972. The summed E-state index contributed by atoms with van der Waals surface area (Å²) in [6.45, 7) is 0. The number of hydrogen-bond acceptors (Lipinski definition) is 7. The van der Waals surface area contributed by atoms with Crippen molar-refractivity contribution in [3.63, 3.8) is 0 Å². The maximum absolute atomic E-state index is 11.9. The van der Waals surface area contributed by atoms with Gasteiger partial charge in [0.05, 0.1) is 21.5 Å². The summed E-state index contributed by atoms with van der Waals surface area (Å²) >= 11 is 0. The molecule has 0 unspecified atom stereocenters. The second-order valence-corrected chi connectivity index (χ2v) is 3.81. The van der Waals surface area contributed by atoms with Crippen molar-refractivity contribution in [1.29, 1.82) is 0 Å². The first-order valence-electron chi connectivity index (χ1n) is 5.54. The van der Waals surface area contributed by atoms with Crippen molar-refractivity contribution in [2.75, 3.05) is 0 Å². The molecule has 1 aromatic carbocycles. The third kappa shape index (κ3) is 3.35. The fourth-order valence-corrected chi connectivity index (χ4v) is 1.49. The lowest BCUT2D eigenvalue weighted by molar-refractivity contribution is -0.394. The number of ether oxygens (including phenoxy) is 1. The predicted octanol–water partition coefficient (Wildman–Crippen LogP) is 2.12. The number of carbonyl (C=O) groups excluding carboxylic acids is 1. The average molecular weight is 289 g/mol. The number of nitro groups is 2. The average Bonchev–Trinajstić information content (AvgIpc) is 2.47. The van der Waals surface area contributed by atoms with Crippen molar-refractivity contribution >= 4 is 17.3 Å². The SMILES string of the molecule is O=C(Oc1ccccn1)c1cc([N+](=O)[O-])cc([N+](=O)[O-])c1.